The molecule has 1 rings (SSSR count). The van der Waals surface area contributed by atoms with Crippen LogP contribution in [-0.4, -0.2) is 62.7 Å². The number of hydrogen-bond acceptors (Lipinski definition) is 4. The molecular formula is C17H34N2O2. The molecule has 1 fully saturated rings. The summed E-state index contributed by atoms with van der Waals surface area (Å²) in [4.78, 5) is 16.1. The smallest absolute Gasteiger partial charge is 0.305 e. The second-order valence-electron chi connectivity index (χ2n) is 7.25. The highest BCUT2D eigenvalue weighted by Gasteiger charge is 2.32. The number of ether oxygens (including phenoxy) is 1. The lowest BCUT2D eigenvalue weighted by Gasteiger charge is -2.42. The Hall–Kier alpha value is -0.610. The van der Waals surface area contributed by atoms with Gasteiger partial charge in [-0.3, -0.25) is 4.79 Å². The van der Waals surface area contributed by atoms with Crippen molar-refractivity contribution in [1.29, 1.82) is 0 Å². The summed E-state index contributed by atoms with van der Waals surface area (Å²) in [5.41, 5.74) is 0.389. The minimum absolute atomic E-state index is 0.0560. The van der Waals surface area contributed by atoms with E-state index in [2.05, 4.69) is 37.7 Å². The van der Waals surface area contributed by atoms with Crippen LogP contribution in [-0.2, 0) is 9.53 Å². The summed E-state index contributed by atoms with van der Waals surface area (Å²) in [7, 11) is 4.32. The quantitative estimate of drug-likeness (QED) is 0.645. The molecular weight excluding hydrogens is 264 g/mol. The van der Waals surface area contributed by atoms with Gasteiger partial charge in [-0.15, -0.1) is 0 Å². The van der Waals surface area contributed by atoms with Gasteiger partial charge in [-0.25, -0.2) is 0 Å². The van der Waals surface area contributed by atoms with E-state index in [0.717, 1.165) is 25.4 Å². The fourth-order valence-electron chi connectivity index (χ4n) is 3.56. The van der Waals surface area contributed by atoms with E-state index >= 15 is 0 Å². The maximum absolute atomic E-state index is 11.3. The molecule has 0 radical (unpaired) electrons. The van der Waals surface area contributed by atoms with Crippen LogP contribution < -0.4 is 0 Å². The molecule has 0 bridgehead atoms. The molecule has 0 atom stereocenters. The number of piperidine rings is 1. The van der Waals surface area contributed by atoms with Crippen molar-refractivity contribution in [2.45, 2.75) is 46.5 Å². The van der Waals surface area contributed by atoms with E-state index in [4.69, 9.17) is 4.74 Å². The third-order valence-electron chi connectivity index (χ3n) is 4.58. The summed E-state index contributed by atoms with van der Waals surface area (Å²) in [5, 5.41) is 0. The first kappa shape index (κ1) is 18.4. The average molecular weight is 298 g/mol. The Bertz CT molecular complexity index is 308. The Labute approximate surface area is 130 Å². The lowest BCUT2D eigenvalue weighted by Crippen LogP contribution is -2.42. The van der Waals surface area contributed by atoms with Crippen LogP contribution >= 0.6 is 0 Å². The number of likely N-dealkylation sites (tertiary alicyclic amines) is 1. The van der Waals surface area contributed by atoms with Gasteiger partial charge in [0.05, 0.1) is 6.61 Å². The van der Waals surface area contributed by atoms with Crippen molar-refractivity contribution in [3.05, 3.63) is 0 Å². The molecule has 0 saturated carbocycles. The Morgan fingerprint density at radius 1 is 1.29 bits per heavy atom. The van der Waals surface area contributed by atoms with Gasteiger partial charge >= 0.3 is 5.97 Å². The largest absolute Gasteiger partial charge is 0.466 e. The van der Waals surface area contributed by atoms with Gasteiger partial charge in [0, 0.05) is 13.0 Å². The number of hydrogen-bond donors (Lipinski definition) is 0. The zero-order chi connectivity index (χ0) is 15.9. The van der Waals surface area contributed by atoms with Crippen molar-refractivity contribution in [2.24, 2.45) is 11.3 Å². The Morgan fingerprint density at radius 3 is 2.43 bits per heavy atom. The van der Waals surface area contributed by atoms with Crippen molar-refractivity contribution in [3.63, 3.8) is 0 Å². The zero-order valence-electron chi connectivity index (χ0n) is 14.7. The number of nitrogens with zero attached hydrogens (tertiary/aromatic N) is 2. The molecule has 4 heteroatoms. The van der Waals surface area contributed by atoms with Gasteiger partial charge in [-0.05, 0) is 71.2 Å². The molecule has 0 spiro atoms. The summed E-state index contributed by atoms with van der Waals surface area (Å²) >= 11 is 0. The first-order chi connectivity index (χ1) is 9.85. The highest BCUT2D eigenvalue weighted by Crippen LogP contribution is 2.35. The number of esters is 1. The summed E-state index contributed by atoms with van der Waals surface area (Å²) in [5.74, 6) is 0.751. The normalized spacial score (nSPS) is 18.2. The summed E-state index contributed by atoms with van der Waals surface area (Å²) in [6.07, 6.45) is 4.03. The maximum Gasteiger partial charge on any atom is 0.305 e. The van der Waals surface area contributed by atoms with Crippen molar-refractivity contribution in [3.8, 4) is 0 Å². The highest BCUT2D eigenvalue weighted by molar-refractivity contribution is 5.69. The molecule has 0 N–H and O–H groups in total. The van der Waals surface area contributed by atoms with Crippen molar-refractivity contribution in [2.75, 3.05) is 46.9 Å². The summed E-state index contributed by atoms with van der Waals surface area (Å²) < 4.78 is 4.97. The SMILES string of the molecule is CCOC(=O)CCCN1CCC(C(C)(C)CN(C)C)CC1. The lowest BCUT2D eigenvalue weighted by molar-refractivity contribution is -0.143. The Morgan fingerprint density at radius 2 is 1.90 bits per heavy atom. The van der Waals surface area contributed by atoms with E-state index in [-0.39, 0.29) is 5.97 Å². The third kappa shape index (κ3) is 6.79. The third-order valence-corrected chi connectivity index (χ3v) is 4.58. The van der Waals surface area contributed by atoms with E-state index in [1.807, 2.05) is 6.92 Å². The minimum atomic E-state index is -0.0560. The monoisotopic (exact) mass is 298 g/mol. The number of rotatable bonds is 8. The maximum atomic E-state index is 11.3. The molecule has 0 aromatic rings. The summed E-state index contributed by atoms with van der Waals surface area (Å²) in [6.45, 7) is 11.7. The molecule has 1 saturated heterocycles. The number of carbonyl (C=O) groups excluding carboxylic acids is 1. The molecule has 0 unspecified atom stereocenters. The highest BCUT2D eigenvalue weighted by atomic mass is 16.5. The Kier molecular flexibility index (Phi) is 7.67. The van der Waals surface area contributed by atoms with Crippen LogP contribution in [0, 0.1) is 11.3 Å². The standard InChI is InChI=1S/C17H34N2O2/c1-6-21-16(20)8-7-11-19-12-9-15(10-13-19)17(2,3)14-18(4)5/h15H,6-14H2,1-5H3. The van der Waals surface area contributed by atoms with Gasteiger partial charge in [-0.2, -0.15) is 0 Å². The second-order valence-corrected chi connectivity index (χ2v) is 7.25. The Balaban J connectivity index is 2.24. The molecule has 21 heavy (non-hydrogen) atoms. The summed E-state index contributed by atoms with van der Waals surface area (Å²) in [6, 6.07) is 0. The molecule has 0 aliphatic carbocycles. The topological polar surface area (TPSA) is 32.8 Å². The zero-order valence-corrected chi connectivity index (χ0v) is 14.7. The average Bonchev–Trinajstić information content (AvgIpc) is 2.38. The molecule has 4 nitrogen and oxygen atoms in total. The van der Waals surface area contributed by atoms with Crippen LogP contribution in [0.5, 0.6) is 0 Å². The van der Waals surface area contributed by atoms with Crippen molar-refractivity contribution in [1.82, 2.24) is 9.80 Å². The van der Waals surface area contributed by atoms with E-state index < -0.39 is 0 Å². The molecule has 0 aromatic heterocycles. The fourth-order valence-corrected chi connectivity index (χ4v) is 3.56. The molecule has 1 aliphatic rings. The van der Waals surface area contributed by atoms with Crippen LogP contribution in [0.15, 0.2) is 0 Å². The van der Waals surface area contributed by atoms with Gasteiger partial charge in [0.15, 0.2) is 0 Å². The van der Waals surface area contributed by atoms with Crippen LogP contribution in [0.3, 0.4) is 0 Å². The van der Waals surface area contributed by atoms with Gasteiger partial charge in [0.25, 0.3) is 0 Å². The van der Waals surface area contributed by atoms with E-state index in [1.54, 1.807) is 0 Å². The predicted octanol–water partition coefficient (Wildman–Crippen LogP) is 2.63. The van der Waals surface area contributed by atoms with Crippen LogP contribution in [0.2, 0.25) is 0 Å². The van der Waals surface area contributed by atoms with Crippen molar-refractivity contribution < 1.29 is 9.53 Å². The second kappa shape index (κ2) is 8.74. The van der Waals surface area contributed by atoms with Crippen molar-refractivity contribution >= 4 is 5.97 Å². The predicted molar refractivity (Wildman–Crippen MR) is 87.4 cm³/mol. The van der Waals surface area contributed by atoms with Gasteiger partial charge in [-0.1, -0.05) is 13.8 Å². The van der Waals surface area contributed by atoms with Crippen LogP contribution in [0.1, 0.15) is 46.5 Å². The molecule has 1 heterocycles. The lowest BCUT2D eigenvalue weighted by atomic mass is 9.73. The van der Waals surface area contributed by atoms with Crippen LogP contribution in [0.25, 0.3) is 0 Å². The van der Waals surface area contributed by atoms with Gasteiger partial charge in [0.1, 0.15) is 0 Å². The molecule has 1 aliphatic heterocycles. The van der Waals surface area contributed by atoms with E-state index in [1.165, 1.54) is 25.9 Å². The molecule has 124 valence electrons. The van der Waals surface area contributed by atoms with E-state index in [9.17, 15) is 4.79 Å². The fraction of sp³-hybridized carbons (Fsp3) is 0.941. The van der Waals surface area contributed by atoms with E-state index in [0.29, 0.717) is 18.4 Å². The van der Waals surface area contributed by atoms with Gasteiger partial charge in [0.2, 0.25) is 0 Å². The first-order valence-electron chi connectivity index (χ1n) is 8.38. The molecule has 0 amide bonds. The molecule has 0 aromatic carbocycles. The minimum Gasteiger partial charge on any atom is -0.466 e. The van der Waals surface area contributed by atoms with Gasteiger partial charge < -0.3 is 14.5 Å². The first-order valence-corrected chi connectivity index (χ1v) is 8.38. The van der Waals surface area contributed by atoms with Crippen LogP contribution in [0.4, 0.5) is 0 Å². The number of carbonyl (C=O) groups is 1.